The van der Waals surface area contributed by atoms with Crippen LogP contribution in [0.5, 0.6) is 5.75 Å². The summed E-state index contributed by atoms with van der Waals surface area (Å²) in [5, 5.41) is 0. The summed E-state index contributed by atoms with van der Waals surface area (Å²) in [6.07, 6.45) is 1.59. The maximum atomic E-state index is 12.7. The van der Waals surface area contributed by atoms with Gasteiger partial charge in [0.15, 0.2) is 0 Å². The molecule has 1 heterocycles. The van der Waals surface area contributed by atoms with Gasteiger partial charge in [-0.25, -0.2) is 8.42 Å². The van der Waals surface area contributed by atoms with Crippen molar-refractivity contribution >= 4 is 15.7 Å². The largest absolute Gasteiger partial charge is 0.495 e. The van der Waals surface area contributed by atoms with Gasteiger partial charge in [-0.05, 0) is 31.0 Å². The van der Waals surface area contributed by atoms with E-state index >= 15 is 0 Å². The Hall–Kier alpha value is -1.31. The molecule has 112 valence electrons. The highest BCUT2D eigenvalue weighted by Crippen LogP contribution is 2.30. The van der Waals surface area contributed by atoms with Crippen LogP contribution in [-0.4, -0.2) is 46.1 Å². The topological polar surface area (TPSA) is 81.9 Å². The van der Waals surface area contributed by atoms with E-state index in [4.69, 9.17) is 15.2 Å². The van der Waals surface area contributed by atoms with Gasteiger partial charge in [-0.2, -0.15) is 4.31 Å². The van der Waals surface area contributed by atoms with Gasteiger partial charge >= 0.3 is 0 Å². The third kappa shape index (κ3) is 2.89. The number of nitrogens with zero attached hydrogens (tertiary/aromatic N) is 1. The van der Waals surface area contributed by atoms with Crippen LogP contribution in [0, 0.1) is 0 Å². The van der Waals surface area contributed by atoms with E-state index in [0.717, 1.165) is 12.8 Å². The molecule has 1 unspecified atom stereocenters. The quantitative estimate of drug-likeness (QED) is 0.841. The Balaban J connectivity index is 2.37. The van der Waals surface area contributed by atoms with Crippen molar-refractivity contribution in [2.24, 2.45) is 0 Å². The summed E-state index contributed by atoms with van der Waals surface area (Å²) in [6, 6.07) is 4.62. The smallest absolute Gasteiger partial charge is 0.246 e. The van der Waals surface area contributed by atoms with Crippen LogP contribution in [0.25, 0.3) is 0 Å². The van der Waals surface area contributed by atoms with E-state index in [1.165, 1.54) is 17.5 Å². The number of rotatable bonds is 4. The number of ether oxygens (including phenoxy) is 2. The van der Waals surface area contributed by atoms with Gasteiger partial charge in [0, 0.05) is 25.9 Å². The summed E-state index contributed by atoms with van der Waals surface area (Å²) in [5.74, 6) is 0.304. The van der Waals surface area contributed by atoms with Gasteiger partial charge in [0.1, 0.15) is 10.6 Å². The molecule has 7 heteroatoms. The van der Waals surface area contributed by atoms with Crippen molar-refractivity contribution in [1.82, 2.24) is 4.31 Å². The number of nitrogens with two attached hydrogens (primary N) is 1. The molecule has 20 heavy (non-hydrogen) atoms. The third-order valence-electron chi connectivity index (χ3n) is 3.48. The van der Waals surface area contributed by atoms with Crippen LogP contribution in [0.15, 0.2) is 23.1 Å². The molecule has 0 saturated carbocycles. The van der Waals surface area contributed by atoms with Crippen molar-refractivity contribution in [2.75, 3.05) is 33.0 Å². The molecule has 1 saturated heterocycles. The lowest BCUT2D eigenvalue weighted by Crippen LogP contribution is -2.42. The predicted octanol–water partition coefficient (Wildman–Crippen LogP) is 1.08. The molecule has 0 radical (unpaired) electrons. The Bertz CT molecular complexity index is 574. The second-order valence-electron chi connectivity index (χ2n) is 4.77. The number of hydrogen-bond donors (Lipinski definition) is 1. The third-order valence-corrected chi connectivity index (χ3v) is 5.37. The van der Waals surface area contributed by atoms with Gasteiger partial charge in [-0.1, -0.05) is 0 Å². The van der Waals surface area contributed by atoms with Gasteiger partial charge in [0.25, 0.3) is 0 Å². The average Bonchev–Trinajstić information content (AvgIpc) is 2.47. The Morgan fingerprint density at radius 1 is 1.35 bits per heavy atom. The van der Waals surface area contributed by atoms with Crippen LogP contribution in [0.3, 0.4) is 0 Å². The molecule has 0 spiro atoms. The number of hydrogen-bond acceptors (Lipinski definition) is 5. The monoisotopic (exact) mass is 300 g/mol. The zero-order chi connectivity index (χ0) is 14.8. The summed E-state index contributed by atoms with van der Waals surface area (Å²) in [7, 11) is -0.580. The molecule has 1 aromatic carbocycles. The van der Waals surface area contributed by atoms with Gasteiger partial charge in [0.2, 0.25) is 10.0 Å². The van der Waals surface area contributed by atoms with E-state index in [1.807, 2.05) is 0 Å². The van der Waals surface area contributed by atoms with E-state index < -0.39 is 10.0 Å². The molecular weight excluding hydrogens is 280 g/mol. The van der Waals surface area contributed by atoms with E-state index in [9.17, 15) is 8.42 Å². The lowest BCUT2D eigenvalue weighted by molar-refractivity contribution is 0.0571. The van der Waals surface area contributed by atoms with E-state index in [1.54, 1.807) is 19.2 Å². The molecule has 1 aliphatic heterocycles. The maximum absolute atomic E-state index is 12.7. The molecular formula is C13H20N2O4S. The molecule has 0 aromatic heterocycles. The summed E-state index contributed by atoms with van der Waals surface area (Å²) in [5.41, 5.74) is 6.09. The number of sulfonamides is 1. The van der Waals surface area contributed by atoms with Crippen LogP contribution in [0.1, 0.15) is 12.8 Å². The zero-order valence-electron chi connectivity index (χ0n) is 11.7. The van der Waals surface area contributed by atoms with Crippen molar-refractivity contribution in [3.8, 4) is 5.75 Å². The molecule has 2 rings (SSSR count). The molecule has 0 aliphatic carbocycles. The highest BCUT2D eigenvalue weighted by Gasteiger charge is 2.32. The van der Waals surface area contributed by atoms with Crippen LogP contribution < -0.4 is 10.5 Å². The lowest BCUT2D eigenvalue weighted by Gasteiger charge is -2.31. The molecule has 1 fully saturated rings. The van der Waals surface area contributed by atoms with E-state index in [2.05, 4.69) is 0 Å². The maximum Gasteiger partial charge on any atom is 0.246 e. The first kappa shape index (κ1) is 15.1. The number of nitrogen functional groups attached to an aromatic ring is 1. The summed E-state index contributed by atoms with van der Waals surface area (Å²) in [6.45, 7) is 0.844. The molecule has 0 bridgehead atoms. The van der Waals surface area contributed by atoms with Crippen LogP contribution in [0.2, 0.25) is 0 Å². The minimum Gasteiger partial charge on any atom is -0.495 e. The average molecular weight is 300 g/mol. The van der Waals surface area contributed by atoms with Crippen LogP contribution in [-0.2, 0) is 14.8 Å². The van der Waals surface area contributed by atoms with Gasteiger partial charge < -0.3 is 15.2 Å². The van der Waals surface area contributed by atoms with E-state index in [-0.39, 0.29) is 11.0 Å². The van der Waals surface area contributed by atoms with Crippen molar-refractivity contribution in [3.05, 3.63) is 18.2 Å². The second kappa shape index (κ2) is 5.99. The lowest BCUT2D eigenvalue weighted by atomic mass is 10.1. The van der Waals surface area contributed by atoms with Gasteiger partial charge in [-0.15, -0.1) is 0 Å². The molecule has 1 aromatic rings. The Labute approximate surface area is 119 Å². The highest BCUT2D eigenvalue weighted by atomic mass is 32.2. The second-order valence-corrected chi connectivity index (χ2v) is 6.68. The summed E-state index contributed by atoms with van der Waals surface area (Å²) < 4.78 is 37.3. The van der Waals surface area contributed by atoms with Crippen molar-refractivity contribution < 1.29 is 17.9 Å². The molecule has 1 atom stereocenters. The first-order chi connectivity index (χ1) is 9.48. The Morgan fingerprint density at radius 3 is 2.75 bits per heavy atom. The van der Waals surface area contributed by atoms with Crippen molar-refractivity contribution in [2.45, 2.75) is 23.8 Å². The van der Waals surface area contributed by atoms with Crippen LogP contribution >= 0.6 is 0 Å². The number of anilines is 1. The standard InChI is InChI=1S/C13H20N2O4S/c1-18-11-4-3-7-15(9-11)20(16,17)13-8-10(14)5-6-12(13)19-2/h5-6,8,11H,3-4,7,9,14H2,1-2H3. The fourth-order valence-electron chi connectivity index (χ4n) is 2.35. The first-order valence-electron chi connectivity index (χ1n) is 6.45. The fraction of sp³-hybridized carbons (Fsp3) is 0.538. The van der Waals surface area contributed by atoms with Gasteiger partial charge in [0.05, 0.1) is 13.2 Å². The van der Waals surface area contributed by atoms with Gasteiger partial charge in [-0.3, -0.25) is 0 Å². The Morgan fingerprint density at radius 2 is 2.10 bits per heavy atom. The minimum absolute atomic E-state index is 0.0643. The first-order valence-corrected chi connectivity index (χ1v) is 7.89. The fourth-order valence-corrected chi connectivity index (χ4v) is 4.05. The summed E-state index contributed by atoms with van der Waals surface area (Å²) >= 11 is 0. The predicted molar refractivity (Wildman–Crippen MR) is 76.2 cm³/mol. The number of piperidine rings is 1. The Kier molecular flexibility index (Phi) is 4.52. The van der Waals surface area contributed by atoms with Crippen molar-refractivity contribution in [3.63, 3.8) is 0 Å². The van der Waals surface area contributed by atoms with Crippen molar-refractivity contribution in [1.29, 1.82) is 0 Å². The van der Waals surface area contributed by atoms with Crippen LogP contribution in [0.4, 0.5) is 5.69 Å². The summed E-state index contributed by atoms with van der Waals surface area (Å²) in [4.78, 5) is 0.108. The molecule has 2 N–H and O–H groups in total. The molecule has 6 nitrogen and oxygen atoms in total. The van der Waals surface area contributed by atoms with E-state index in [0.29, 0.717) is 24.5 Å². The number of methoxy groups -OCH3 is 2. The molecule has 1 aliphatic rings. The normalized spacial score (nSPS) is 20.8. The molecule has 0 amide bonds. The SMILES string of the molecule is COc1ccc(N)cc1S(=O)(=O)N1CCCC(OC)C1. The highest BCUT2D eigenvalue weighted by molar-refractivity contribution is 7.89. The minimum atomic E-state index is -3.62. The zero-order valence-corrected chi connectivity index (χ0v) is 12.5. The number of benzene rings is 1.